The van der Waals surface area contributed by atoms with Crippen molar-refractivity contribution in [3.8, 4) is 5.75 Å². The highest BCUT2D eigenvalue weighted by Crippen LogP contribution is 2.28. The molecule has 0 saturated carbocycles. The first-order chi connectivity index (χ1) is 9.99. The molecule has 7 heteroatoms. The molecular formula is C14H13BrN2O3S. The van der Waals surface area contributed by atoms with Crippen molar-refractivity contribution in [1.29, 1.82) is 0 Å². The molecule has 2 aromatic rings. The Labute approximate surface area is 134 Å². The molecule has 110 valence electrons. The molecule has 0 saturated heterocycles. The molecule has 0 fully saturated rings. The number of amides is 2. The van der Waals surface area contributed by atoms with Crippen molar-refractivity contribution in [1.82, 2.24) is 0 Å². The third-order valence-electron chi connectivity index (χ3n) is 2.60. The molecule has 21 heavy (non-hydrogen) atoms. The van der Waals surface area contributed by atoms with Gasteiger partial charge >= 0.3 is 0 Å². The normalized spacial score (nSPS) is 10.0. The van der Waals surface area contributed by atoms with Crippen LogP contribution in [0.5, 0.6) is 5.75 Å². The second-order valence-electron chi connectivity index (χ2n) is 4.19. The molecular weight excluding hydrogens is 356 g/mol. The molecule has 1 aromatic carbocycles. The molecule has 0 aliphatic rings. The van der Waals surface area contributed by atoms with Crippen LogP contribution in [0.3, 0.4) is 0 Å². The zero-order valence-electron chi connectivity index (χ0n) is 11.4. The standard InChI is InChI=1S/C14H13BrN2O3S/c1-8(18)16-11-4-3-10(6-12(11)20-2)17-14(19)9-5-13(15)21-7-9/h3-7H,1-2H3,(H,16,18)(H,17,19). The number of hydrogen-bond donors (Lipinski definition) is 2. The first-order valence-corrected chi connectivity index (χ1v) is 7.68. The lowest BCUT2D eigenvalue weighted by Crippen LogP contribution is -2.11. The van der Waals surface area contributed by atoms with Gasteiger partial charge in [-0.05, 0) is 34.1 Å². The van der Waals surface area contributed by atoms with Crippen LogP contribution in [0.2, 0.25) is 0 Å². The molecule has 0 atom stereocenters. The summed E-state index contributed by atoms with van der Waals surface area (Å²) in [6.07, 6.45) is 0. The van der Waals surface area contributed by atoms with Crippen molar-refractivity contribution in [3.05, 3.63) is 39.0 Å². The zero-order chi connectivity index (χ0) is 15.4. The highest BCUT2D eigenvalue weighted by molar-refractivity contribution is 9.11. The molecule has 2 amide bonds. The average Bonchev–Trinajstić information content (AvgIpc) is 2.86. The third kappa shape index (κ3) is 4.05. The summed E-state index contributed by atoms with van der Waals surface area (Å²) in [6, 6.07) is 6.79. The molecule has 2 N–H and O–H groups in total. The number of anilines is 2. The fourth-order valence-electron chi connectivity index (χ4n) is 1.69. The van der Waals surface area contributed by atoms with Crippen LogP contribution in [-0.4, -0.2) is 18.9 Å². The Kier molecular flexibility index (Phi) is 4.98. The van der Waals surface area contributed by atoms with E-state index in [1.807, 2.05) is 0 Å². The van der Waals surface area contributed by atoms with Crippen molar-refractivity contribution in [3.63, 3.8) is 0 Å². The van der Waals surface area contributed by atoms with E-state index in [2.05, 4.69) is 26.6 Å². The smallest absolute Gasteiger partial charge is 0.256 e. The predicted octanol–water partition coefficient (Wildman–Crippen LogP) is 3.73. The molecule has 0 radical (unpaired) electrons. The van der Waals surface area contributed by atoms with Gasteiger partial charge in [0.05, 0.1) is 22.1 Å². The van der Waals surface area contributed by atoms with Crippen molar-refractivity contribution < 1.29 is 14.3 Å². The highest BCUT2D eigenvalue weighted by Gasteiger charge is 2.11. The molecule has 0 bridgehead atoms. The Bertz CT molecular complexity index is 685. The first-order valence-electron chi connectivity index (χ1n) is 6.00. The molecule has 0 spiro atoms. The van der Waals surface area contributed by atoms with Gasteiger partial charge in [0.25, 0.3) is 5.91 Å². The minimum atomic E-state index is -0.203. The van der Waals surface area contributed by atoms with Crippen LogP contribution in [0.1, 0.15) is 17.3 Å². The Morgan fingerprint density at radius 2 is 2.00 bits per heavy atom. The minimum Gasteiger partial charge on any atom is -0.494 e. The molecule has 0 aliphatic heterocycles. The quantitative estimate of drug-likeness (QED) is 0.863. The minimum absolute atomic E-state index is 0.187. The van der Waals surface area contributed by atoms with Gasteiger partial charge in [0.15, 0.2) is 0 Å². The Morgan fingerprint density at radius 1 is 1.24 bits per heavy atom. The van der Waals surface area contributed by atoms with E-state index in [1.165, 1.54) is 25.4 Å². The van der Waals surface area contributed by atoms with E-state index in [4.69, 9.17) is 4.74 Å². The van der Waals surface area contributed by atoms with Crippen LogP contribution in [0.15, 0.2) is 33.4 Å². The number of rotatable bonds is 4. The molecule has 5 nitrogen and oxygen atoms in total. The van der Waals surface area contributed by atoms with Crippen molar-refractivity contribution >= 4 is 50.5 Å². The maximum absolute atomic E-state index is 12.1. The summed E-state index contributed by atoms with van der Waals surface area (Å²) in [6.45, 7) is 1.42. The van der Waals surface area contributed by atoms with E-state index in [9.17, 15) is 9.59 Å². The topological polar surface area (TPSA) is 67.4 Å². The summed E-state index contributed by atoms with van der Waals surface area (Å²) in [5.74, 6) is 0.0917. The van der Waals surface area contributed by atoms with E-state index in [-0.39, 0.29) is 11.8 Å². The number of nitrogens with one attached hydrogen (secondary N) is 2. The van der Waals surface area contributed by atoms with Crippen LogP contribution < -0.4 is 15.4 Å². The maximum atomic E-state index is 12.1. The third-order valence-corrected chi connectivity index (χ3v) is 4.10. The summed E-state index contributed by atoms with van der Waals surface area (Å²) in [4.78, 5) is 23.1. The first kappa shape index (κ1) is 15.5. The summed E-state index contributed by atoms with van der Waals surface area (Å²) in [5.41, 5.74) is 1.73. The van der Waals surface area contributed by atoms with Crippen LogP contribution in [0, 0.1) is 0 Å². The van der Waals surface area contributed by atoms with Crippen LogP contribution in [0.25, 0.3) is 0 Å². The van der Waals surface area contributed by atoms with Crippen LogP contribution in [0.4, 0.5) is 11.4 Å². The van der Waals surface area contributed by atoms with Gasteiger partial charge in [-0.25, -0.2) is 0 Å². The number of hydrogen-bond acceptors (Lipinski definition) is 4. The molecule has 2 rings (SSSR count). The van der Waals surface area contributed by atoms with Crippen LogP contribution in [-0.2, 0) is 4.79 Å². The molecule has 1 aromatic heterocycles. The lowest BCUT2D eigenvalue weighted by Gasteiger charge is -2.11. The second-order valence-corrected chi connectivity index (χ2v) is 6.48. The largest absolute Gasteiger partial charge is 0.494 e. The number of halogens is 1. The van der Waals surface area contributed by atoms with Crippen molar-refractivity contribution in [2.24, 2.45) is 0 Å². The number of benzene rings is 1. The SMILES string of the molecule is COc1cc(NC(=O)c2csc(Br)c2)ccc1NC(C)=O. The van der Waals surface area contributed by atoms with E-state index in [0.717, 1.165) is 3.79 Å². The summed E-state index contributed by atoms with van der Waals surface area (Å²) >= 11 is 4.76. The molecule has 0 aliphatic carbocycles. The summed E-state index contributed by atoms with van der Waals surface area (Å²) < 4.78 is 6.10. The van der Waals surface area contributed by atoms with E-state index >= 15 is 0 Å². The van der Waals surface area contributed by atoms with Crippen molar-refractivity contribution in [2.75, 3.05) is 17.7 Å². The Hall–Kier alpha value is -1.86. The van der Waals surface area contributed by atoms with E-state index in [1.54, 1.807) is 29.6 Å². The van der Waals surface area contributed by atoms with Crippen molar-refractivity contribution in [2.45, 2.75) is 6.92 Å². The van der Waals surface area contributed by atoms with Gasteiger partial charge in [0.2, 0.25) is 5.91 Å². The van der Waals surface area contributed by atoms with Gasteiger partial charge in [0.1, 0.15) is 5.75 Å². The monoisotopic (exact) mass is 368 g/mol. The number of ether oxygens (including phenoxy) is 1. The molecule has 0 unspecified atom stereocenters. The number of carbonyl (C=O) groups excluding carboxylic acids is 2. The van der Waals surface area contributed by atoms with E-state index in [0.29, 0.717) is 22.7 Å². The lowest BCUT2D eigenvalue weighted by molar-refractivity contribution is -0.114. The molecule has 1 heterocycles. The highest BCUT2D eigenvalue weighted by atomic mass is 79.9. The van der Waals surface area contributed by atoms with Crippen LogP contribution >= 0.6 is 27.3 Å². The number of methoxy groups -OCH3 is 1. The second kappa shape index (κ2) is 6.73. The summed E-state index contributed by atoms with van der Waals surface area (Å²) in [5, 5.41) is 7.21. The Balaban J connectivity index is 2.17. The number of thiophene rings is 1. The zero-order valence-corrected chi connectivity index (χ0v) is 13.8. The van der Waals surface area contributed by atoms with Gasteiger partial charge in [-0.3, -0.25) is 9.59 Å². The average molecular weight is 369 g/mol. The van der Waals surface area contributed by atoms with Gasteiger partial charge in [-0.2, -0.15) is 0 Å². The van der Waals surface area contributed by atoms with Gasteiger partial charge in [0, 0.05) is 24.1 Å². The van der Waals surface area contributed by atoms with E-state index < -0.39 is 0 Å². The maximum Gasteiger partial charge on any atom is 0.256 e. The predicted molar refractivity (Wildman–Crippen MR) is 87.3 cm³/mol. The number of carbonyl (C=O) groups is 2. The van der Waals surface area contributed by atoms with Gasteiger partial charge in [-0.1, -0.05) is 0 Å². The van der Waals surface area contributed by atoms with Gasteiger partial charge < -0.3 is 15.4 Å². The van der Waals surface area contributed by atoms with Gasteiger partial charge in [-0.15, -0.1) is 11.3 Å². The fourth-order valence-corrected chi connectivity index (χ4v) is 2.83. The lowest BCUT2D eigenvalue weighted by atomic mass is 10.2. The fraction of sp³-hybridized carbons (Fsp3) is 0.143. The Morgan fingerprint density at radius 3 is 2.57 bits per heavy atom. The summed E-state index contributed by atoms with van der Waals surface area (Å²) in [7, 11) is 1.50.